The zero-order valence-corrected chi connectivity index (χ0v) is 14.0. The fourth-order valence-electron chi connectivity index (χ4n) is 6.00. The number of nitrogens with one attached hydrogen (secondary N) is 1. The molecule has 4 aliphatic carbocycles. The van der Waals surface area contributed by atoms with Crippen molar-refractivity contribution >= 4 is 5.91 Å². The van der Waals surface area contributed by atoms with Gasteiger partial charge in [-0.3, -0.25) is 4.79 Å². The van der Waals surface area contributed by atoms with Gasteiger partial charge in [-0.05, 0) is 56.3 Å². The van der Waals surface area contributed by atoms with Crippen LogP contribution in [0.4, 0.5) is 0 Å². The van der Waals surface area contributed by atoms with E-state index in [1.165, 1.54) is 38.5 Å². The summed E-state index contributed by atoms with van der Waals surface area (Å²) in [6.07, 6.45) is 8.75. The van der Waals surface area contributed by atoms with Crippen LogP contribution in [-0.4, -0.2) is 55.8 Å². The number of amides is 1. The fourth-order valence-corrected chi connectivity index (χ4v) is 6.00. The van der Waals surface area contributed by atoms with Crippen molar-refractivity contribution in [2.75, 3.05) is 39.9 Å². The normalized spacial score (nSPS) is 42.3. The van der Waals surface area contributed by atoms with Gasteiger partial charge in [0.2, 0.25) is 5.91 Å². The summed E-state index contributed by atoms with van der Waals surface area (Å²) < 4.78 is 6.44. The molecule has 22 heavy (non-hydrogen) atoms. The Morgan fingerprint density at radius 3 is 2.18 bits per heavy atom. The molecule has 4 bridgehead atoms. The molecule has 0 unspecified atom stereocenters. The van der Waals surface area contributed by atoms with Crippen LogP contribution < -0.4 is 5.32 Å². The van der Waals surface area contributed by atoms with E-state index in [9.17, 15) is 4.79 Å². The third-order valence-corrected chi connectivity index (χ3v) is 6.87. The number of rotatable bonds is 4. The molecule has 124 valence electrons. The van der Waals surface area contributed by atoms with E-state index in [-0.39, 0.29) is 5.54 Å². The zero-order valence-electron chi connectivity index (χ0n) is 14.0. The molecule has 0 atom stereocenters. The lowest BCUT2D eigenvalue weighted by atomic mass is 9.53. The summed E-state index contributed by atoms with van der Waals surface area (Å²) in [7, 11) is 2.26. The van der Waals surface area contributed by atoms with Crippen LogP contribution in [0.3, 0.4) is 0 Å². The molecule has 1 aliphatic heterocycles. The maximum absolute atomic E-state index is 12.6. The average molecular weight is 307 g/mol. The minimum absolute atomic E-state index is 0.176. The van der Waals surface area contributed by atoms with Crippen LogP contribution in [-0.2, 0) is 9.53 Å². The average Bonchev–Trinajstić information content (AvgIpc) is 2.44. The quantitative estimate of drug-likeness (QED) is 0.806. The number of nitrogens with zero attached hydrogens (tertiary/aromatic N) is 1. The van der Waals surface area contributed by atoms with Crippen LogP contribution in [0.1, 0.15) is 44.9 Å². The molecule has 5 aliphatic rings. The largest absolute Gasteiger partial charge is 0.370 e. The predicted octanol–water partition coefficient (Wildman–Crippen LogP) is 1.94. The highest BCUT2D eigenvalue weighted by atomic mass is 16.5. The molecule has 5 fully saturated rings. The summed E-state index contributed by atoms with van der Waals surface area (Å²) in [6.45, 7) is 4.73. The summed E-state index contributed by atoms with van der Waals surface area (Å²) in [5, 5.41) is 3.50. The van der Waals surface area contributed by atoms with Gasteiger partial charge in [0.05, 0.1) is 33.2 Å². The zero-order chi connectivity index (χ0) is 15.2. The van der Waals surface area contributed by atoms with Gasteiger partial charge in [0.1, 0.15) is 13.1 Å². The van der Waals surface area contributed by atoms with Crippen molar-refractivity contribution < 1.29 is 14.0 Å². The number of ether oxygens (including phenoxy) is 1. The fraction of sp³-hybridized carbons (Fsp3) is 0.944. The maximum atomic E-state index is 12.6. The van der Waals surface area contributed by atoms with E-state index in [1.54, 1.807) is 0 Å². The monoisotopic (exact) mass is 307 g/mol. The van der Waals surface area contributed by atoms with E-state index in [0.29, 0.717) is 12.3 Å². The lowest BCUT2D eigenvalue weighted by Crippen LogP contribution is -2.60. The standard InChI is InChI=1S/C18H30N2O2/c1-20(4-6-22-7-5-20)3-2-17(21)19-18-11-14-8-15(12-18)10-16(9-14)13-18/h14-16H,2-13H2,1H3/p+1. The van der Waals surface area contributed by atoms with E-state index in [1.807, 2.05) is 0 Å². The Morgan fingerprint density at radius 2 is 1.64 bits per heavy atom. The van der Waals surface area contributed by atoms with E-state index in [2.05, 4.69) is 12.4 Å². The molecule has 1 heterocycles. The lowest BCUT2D eigenvalue weighted by Gasteiger charge is -2.57. The van der Waals surface area contributed by atoms with Crippen molar-refractivity contribution in [3.63, 3.8) is 0 Å². The van der Waals surface area contributed by atoms with Crippen molar-refractivity contribution in [3.05, 3.63) is 0 Å². The van der Waals surface area contributed by atoms with Crippen LogP contribution in [0.25, 0.3) is 0 Å². The third kappa shape index (κ3) is 2.92. The number of carbonyl (C=O) groups excluding carboxylic acids is 1. The van der Waals surface area contributed by atoms with Gasteiger partial charge in [-0.1, -0.05) is 0 Å². The van der Waals surface area contributed by atoms with Gasteiger partial charge in [0.15, 0.2) is 0 Å². The van der Waals surface area contributed by atoms with Crippen molar-refractivity contribution in [1.82, 2.24) is 5.32 Å². The molecule has 4 heteroatoms. The molecule has 0 aromatic carbocycles. The van der Waals surface area contributed by atoms with E-state index in [4.69, 9.17) is 4.74 Å². The Morgan fingerprint density at radius 1 is 1.09 bits per heavy atom. The minimum atomic E-state index is 0.176. The number of quaternary nitrogens is 1. The summed E-state index contributed by atoms with van der Waals surface area (Å²) in [4.78, 5) is 12.6. The molecule has 4 nitrogen and oxygen atoms in total. The molecule has 1 N–H and O–H groups in total. The predicted molar refractivity (Wildman–Crippen MR) is 85.3 cm³/mol. The Labute approximate surface area is 134 Å². The number of likely N-dealkylation sites (N-methyl/N-ethyl adjacent to an activating group) is 1. The summed E-state index contributed by atoms with van der Waals surface area (Å²) in [5.74, 6) is 2.99. The number of morpholine rings is 1. The summed E-state index contributed by atoms with van der Waals surface area (Å²) >= 11 is 0. The van der Waals surface area contributed by atoms with E-state index < -0.39 is 0 Å². The molecule has 0 aromatic heterocycles. The molecule has 5 rings (SSSR count). The van der Waals surface area contributed by atoms with Crippen LogP contribution in [0.2, 0.25) is 0 Å². The molecular weight excluding hydrogens is 276 g/mol. The van der Waals surface area contributed by atoms with Gasteiger partial charge >= 0.3 is 0 Å². The van der Waals surface area contributed by atoms with Crippen molar-refractivity contribution in [2.45, 2.75) is 50.5 Å². The van der Waals surface area contributed by atoms with Crippen LogP contribution in [0.15, 0.2) is 0 Å². The number of hydrogen-bond donors (Lipinski definition) is 1. The summed E-state index contributed by atoms with van der Waals surface area (Å²) in [6, 6.07) is 0. The Balaban J connectivity index is 1.32. The van der Waals surface area contributed by atoms with Crippen LogP contribution in [0, 0.1) is 17.8 Å². The second-order valence-corrected chi connectivity index (χ2v) is 8.90. The van der Waals surface area contributed by atoms with Gasteiger partial charge < -0.3 is 14.5 Å². The van der Waals surface area contributed by atoms with Gasteiger partial charge in [-0.15, -0.1) is 0 Å². The van der Waals surface area contributed by atoms with Crippen molar-refractivity contribution in [1.29, 1.82) is 0 Å². The minimum Gasteiger partial charge on any atom is -0.370 e. The van der Waals surface area contributed by atoms with Gasteiger partial charge in [0, 0.05) is 5.54 Å². The Hall–Kier alpha value is -0.610. The highest BCUT2D eigenvalue weighted by Crippen LogP contribution is 2.55. The molecule has 1 saturated heterocycles. The Kier molecular flexibility index (Phi) is 3.73. The van der Waals surface area contributed by atoms with Gasteiger partial charge in [0.25, 0.3) is 0 Å². The number of carbonyl (C=O) groups is 1. The lowest BCUT2D eigenvalue weighted by molar-refractivity contribution is -0.916. The number of hydrogen-bond acceptors (Lipinski definition) is 2. The highest BCUT2D eigenvalue weighted by molar-refractivity contribution is 5.77. The van der Waals surface area contributed by atoms with E-state index in [0.717, 1.165) is 55.1 Å². The van der Waals surface area contributed by atoms with Gasteiger partial charge in [-0.25, -0.2) is 0 Å². The molecule has 0 aromatic rings. The molecule has 0 radical (unpaired) electrons. The Bertz CT molecular complexity index is 407. The molecule has 4 saturated carbocycles. The first-order chi connectivity index (χ1) is 10.5. The second kappa shape index (κ2) is 5.48. The van der Waals surface area contributed by atoms with Crippen molar-refractivity contribution in [2.24, 2.45) is 17.8 Å². The van der Waals surface area contributed by atoms with Crippen LogP contribution >= 0.6 is 0 Å². The second-order valence-electron chi connectivity index (χ2n) is 8.90. The first-order valence-electron chi connectivity index (χ1n) is 9.27. The topological polar surface area (TPSA) is 38.3 Å². The van der Waals surface area contributed by atoms with Crippen molar-refractivity contribution in [3.8, 4) is 0 Å². The first-order valence-corrected chi connectivity index (χ1v) is 9.27. The van der Waals surface area contributed by atoms with E-state index >= 15 is 0 Å². The summed E-state index contributed by atoms with van der Waals surface area (Å²) in [5.41, 5.74) is 0.176. The molecule has 1 amide bonds. The molecule has 0 spiro atoms. The highest BCUT2D eigenvalue weighted by Gasteiger charge is 2.51. The SMILES string of the molecule is C[N+]1(CCC(=O)NC23CC4CC(CC(C4)C2)C3)CCOCC1. The smallest absolute Gasteiger partial charge is 0.226 e. The first kappa shape index (κ1) is 14.9. The maximum Gasteiger partial charge on any atom is 0.226 e. The molecular formula is C18H31N2O2+. The van der Waals surface area contributed by atoms with Gasteiger partial charge in [-0.2, -0.15) is 0 Å². The van der Waals surface area contributed by atoms with Crippen LogP contribution in [0.5, 0.6) is 0 Å². The third-order valence-electron chi connectivity index (χ3n) is 6.87.